The molecule has 9 rings (SSSR count). The largest absolute Gasteiger partial charge is 0.456 e. The molecule has 8 aromatic carbocycles. The van der Waals surface area contributed by atoms with Gasteiger partial charge in [-0.15, -0.1) is 0 Å². The quantitative estimate of drug-likeness (QED) is 0.196. The Bertz CT molecular complexity index is 3260. The Morgan fingerprint density at radius 3 is 1.86 bits per heavy atom. The van der Waals surface area contributed by atoms with Gasteiger partial charge in [0.25, 0.3) is 0 Å². The fourth-order valence-electron chi connectivity index (χ4n) is 5.90. The standard InChI is InChI=1S/C42H26O/c1-2-11-27(12-3-1)30-23-24-38-37(26-30)42-36(19-10-20-39(42)43-38)41-34-17-8-6-15-32(34)40(33-16-7-9-18-35(33)41)31-22-21-28-13-4-5-14-29(28)25-31/h1-26H/i4D,5D,6D,7D,8D,9D,13D,14D,15D,16D,17D,18D,21D,22D,25D. The van der Waals surface area contributed by atoms with Crippen molar-refractivity contribution in [3.63, 3.8) is 0 Å². The molecule has 0 aliphatic rings. The summed E-state index contributed by atoms with van der Waals surface area (Å²) >= 11 is 0. The summed E-state index contributed by atoms with van der Waals surface area (Å²) in [4.78, 5) is 0. The zero-order valence-electron chi connectivity index (χ0n) is 37.3. The second-order valence-electron chi connectivity index (χ2n) is 10.1. The molecule has 1 aromatic heterocycles. The van der Waals surface area contributed by atoms with Crippen LogP contribution in [0.1, 0.15) is 20.6 Å². The number of rotatable bonds is 3. The third-order valence-electron chi connectivity index (χ3n) is 7.75. The Hall–Kier alpha value is -5.66. The summed E-state index contributed by atoms with van der Waals surface area (Å²) in [7, 11) is 0. The first-order valence-electron chi connectivity index (χ1n) is 21.1. The zero-order valence-corrected chi connectivity index (χ0v) is 22.3. The van der Waals surface area contributed by atoms with Crippen molar-refractivity contribution in [2.24, 2.45) is 0 Å². The van der Waals surface area contributed by atoms with Crippen LogP contribution in [0.4, 0.5) is 0 Å². The molecule has 0 atom stereocenters. The second kappa shape index (κ2) is 9.44. The maximum atomic E-state index is 9.45. The summed E-state index contributed by atoms with van der Waals surface area (Å²) in [6.45, 7) is 0. The van der Waals surface area contributed by atoms with Gasteiger partial charge >= 0.3 is 0 Å². The molecule has 9 aromatic rings. The lowest BCUT2D eigenvalue weighted by Crippen LogP contribution is -1.91. The third-order valence-corrected chi connectivity index (χ3v) is 7.75. The molecule has 0 bridgehead atoms. The zero-order chi connectivity index (χ0) is 41.4. The van der Waals surface area contributed by atoms with Crippen LogP contribution in [-0.2, 0) is 0 Å². The highest BCUT2D eigenvalue weighted by atomic mass is 16.3. The van der Waals surface area contributed by atoms with E-state index in [1.807, 2.05) is 42.5 Å². The Balaban J connectivity index is 1.58. The minimum atomic E-state index is -0.742. The average molecular weight is 562 g/mol. The van der Waals surface area contributed by atoms with Crippen LogP contribution in [0.15, 0.2) is 162 Å². The summed E-state index contributed by atoms with van der Waals surface area (Å²) in [5, 5.41) is -0.749. The van der Waals surface area contributed by atoms with Gasteiger partial charge < -0.3 is 4.42 Å². The van der Waals surface area contributed by atoms with Gasteiger partial charge in [-0.25, -0.2) is 0 Å². The molecule has 1 heteroatoms. The third kappa shape index (κ3) is 3.72. The molecule has 1 nitrogen and oxygen atoms in total. The molecule has 0 N–H and O–H groups in total. The highest BCUT2D eigenvalue weighted by molar-refractivity contribution is 6.26. The lowest BCUT2D eigenvalue weighted by molar-refractivity contribution is 0.669. The van der Waals surface area contributed by atoms with Crippen LogP contribution in [0.3, 0.4) is 0 Å². The van der Waals surface area contributed by atoms with Crippen LogP contribution in [0.2, 0.25) is 0 Å². The molecule has 0 aliphatic heterocycles. The van der Waals surface area contributed by atoms with Gasteiger partial charge in [-0.05, 0) is 89.9 Å². The van der Waals surface area contributed by atoms with Crippen molar-refractivity contribution in [3.05, 3.63) is 157 Å². The van der Waals surface area contributed by atoms with E-state index in [1.165, 1.54) is 0 Å². The molecule has 1 heterocycles. The molecule has 0 unspecified atom stereocenters. The number of furan rings is 1. The summed E-state index contributed by atoms with van der Waals surface area (Å²) in [5.74, 6) is 0. The van der Waals surface area contributed by atoms with E-state index >= 15 is 0 Å². The molecule has 0 amide bonds. The van der Waals surface area contributed by atoms with Crippen molar-refractivity contribution >= 4 is 54.3 Å². The van der Waals surface area contributed by atoms with Crippen molar-refractivity contribution < 1.29 is 25.0 Å². The summed E-state index contributed by atoms with van der Waals surface area (Å²) in [6.07, 6.45) is 0. The van der Waals surface area contributed by atoms with Crippen LogP contribution >= 0.6 is 0 Å². The first-order valence-corrected chi connectivity index (χ1v) is 13.6. The van der Waals surface area contributed by atoms with E-state index in [0.717, 1.165) is 11.1 Å². The lowest BCUT2D eigenvalue weighted by atomic mass is 9.84. The highest BCUT2D eigenvalue weighted by Crippen LogP contribution is 2.47. The number of benzene rings is 8. The van der Waals surface area contributed by atoms with Gasteiger partial charge in [0.05, 0.1) is 20.6 Å². The number of hydrogen-bond acceptors (Lipinski definition) is 1. The molecule has 0 saturated heterocycles. The molecule has 43 heavy (non-hydrogen) atoms. The summed E-state index contributed by atoms with van der Waals surface area (Å²) < 4.78 is 141. The van der Waals surface area contributed by atoms with Crippen molar-refractivity contribution in [2.45, 2.75) is 0 Å². The topological polar surface area (TPSA) is 13.1 Å². The van der Waals surface area contributed by atoms with E-state index in [-0.39, 0.29) is 32.7 Å². The normalized spacial score (nSPS) is 16.6. The molecule has 0 fully saturated rings. The van der Waals surface area contributed by atoms with Crippen LogP contribution in [-0.4, -0.2) is 0 Å². The van der Waals surface area contributed by atoms with E-state index in [2.05, 4.69) is 0 Å². The molecule has 200 valence electrons. The minimum absolute atomic E-state index is 0.0121. The van der Waals surface area contributed by atoms with Gasteiger partial charge in [0.2, 0.25) is 0 Å². The van der Waals surface area contributed by atoms with Crippen LogP contribution in [0.25, 0.3) is 87.6 Å². The predicted octanol–water partition coefficient (Wildman–Crippen LogP) is 12.0. The maximum Gasteiger partial charge on any atom is 0.136 e. The minimum Gasteiger partial charge on any atom is -0.456 e. The summed E-state index contributed by atoms with van der Waals surface area (Å²) in [5.41, 5.74) is 2.06. The van der Waals surface area contributed by atoms with Gasteiger partial charge in [0, 0.05) is 10.8 Å². The van der Waals surface area contributed by atoms with Crippen molar-refractivity contribution in [2.75, 3.05) is 0 Å². The number of fused-ring (bicyclic) bond motifs is 6. The van der Waals surface area contributed by atoms with Crippen molar-refractivity contribution in [1.29, 1.82) is 0 Å². The van der Waals surface area contributed by atoms with Crippen LogP contribution < -0.4 is 0 Å². The van der Waals surface area contributed by atoms with E-state index in [1.54, 1.807) is 24.3 Å². The van der Waals surface area contributed by atoms with Crippen LogP contribution in [0.5, 0.6) is 0 Å². The predicted molar refractivity (Wildman–Crippen MR) is 183 cm³/mol. The van der Waals surface area contributed by atoms with Gasteiger partial charge in [-0.1, -0.05) is 133 Å². The smallest absolute Gasteiger partial charge is 0.136 e. The molecular weight excluding hydrogens is 520 g/mol. The Morgan fingerprint density at radius 2 is 1.12 bits per heavy atom. The van der Waals surface area contributed by atoms with E-state index < -0.39 is 107 Å². The first-order chi connectivity index (χ1) is 27.6. The van der Waals surface area contributed by atoms with Gasteiger partial charge in [0.15, 0.2) is 0 Å². The van der Waals surface area contributed by atoms with E-state index in [9.17, 15) is 8.22 Å². The van der Waals surface area contributed by atoms with Gasteiger partial charge in [0.1, 0.15) is 11.2 Å². The van der Waals surface area contributed by atoms with E-state index in [4.69, 9.17) is 16.8 Å². The molecule has 0 spiro atoms. The van der Waals surface area contributed by atoms with Gasteiger partial charge in [-0.3, -0.25) is 0 Å². The lowest BCUT2D eigenvalue weighted by Gasteiger charge is -2.18. The van der Waals surface area contributed by atoms with Crippen molar-refractivity contribution in [3.8, 4) is 33.4 Å². The number of hydrogen-bond donors (Lipinski definition) is 0. The Kier molecular flexibility index (Phi) is 2.97. The molecule has 0 radical (unpaired) electrons. The van der Waals surface area contributed by atoms with Gasteiger partial charge in [-0.2, -0.15) is 0 Å². The molecular formula is C42H26O. The SMILES string of the molecule is [2H]c1c([2H])c([2H])c2c([2H])c(-c3c4c([2H])c([2H])c([2H])c([2H])c4c(-c4cccc5oc6ccc(-c7ccccc7)cc6c45)c4c([2H])c([2H])c([2H])c([2H])c34)c([2H])c([2H])c2c1[2H]. The first kappa shape index (κ1) is 13.5. The Morgan fingerprint density at radius 1 is 0.442 bits per heavy atom. The fraction of sp³-hybridized carbons (Fsp3) is 0. The van der Waals surface area contributed by atoms with Crippen molar-refractivity contribution in [1.82, 2.24) is 0 Å². The van der Waals surface area contributed by atoms with Crippen LogP contribution in [0, 0.1) is 0 Å². The average Bonchev–Trinajstić information content (AvgIpc) is 3.61. The second-order valence-corrected chi connectivity index (χ2v) is 10.1. The molecule has 0 saturated carbocycles. The highest BCUT2D eigenvalue weighted by Gasteiger charge is 2.20. The Labute approximate surface area is 270 Å². The monoisotopic (exact) mass is 561 g/mol. The fourth-order valence-corrected chi connectivity index (χ4v) is 5.90. The maximum absolute atomic E-state index is 9.45. The van der Waals surface area contributed by atoms with E-state index in [0.29, 0.717) is 27.5 Å². The summed E-state index contributed by atoms with van der Waals surface area (Å²) in [6, 6.07) is 10.2. The molecule has 0 aliphatic carbocycles.